The number of para-hydroxylation sites is 1. The smallest absolute Gasteiger partial charge is 0.321 e. The van der Waals surface area contributed by atoms with Gasteiger partial charge in [-0.3, -0.25) is 4.90 Å². The Hall–Kier alpha value is -1.62. The van der Waals surface area contributed by atoms with Crippen LogP contribution in [0.15, 0.2) is 24.3 Å². The summed E-state index contributed by atoms with van der Waals surface area (Å²) in [6.45, 7) is 7.04. The lowest BCUT2D eigenvalue weighted by atomic mass is 10.1. The lowest BCUT2D eigenvalue weighted by molar-refractivity contribution is 0.0776. The molecule has 3 rings (SSSR count). The molecule has 1 aromatic rings. The molecule has 1 aromatic carbocycles. The molecule has 2 atom stereocenters. The van der Waals surface area contributed by atoms with Gasteiger partial charge in [-0.1, -0.05) is 26.0 Å². The second kappa shape index (κ2) is 6.24. The second-order valence-electron chi connectivity index (χ2n) is 6.79. The zero-order chi connectivity index (χ0) is 15.7. The molecule has 4 nitrogen and oxygen atoms in total. The number of rotatable bonds is 3. The van der Waals surface area contributed by atoms with Crippen LogP contribution in [-0.2, 0) is 0 Å². The normalized spacial score (nSPS) is 24.8. The molecule has 2 aliphatic rings. The van der Waals surface area contributed by atoms with Crippen molar-refractivity contribution >= 4 is 11.7 Å². The summed E-state index contributed by atoms with van der Waals surface area (Å²) in [6, 6.07) is 7.02. The molecule has 2 unspecified atom stereocenters. The van der Waals surface area contributed by atoms with E-state index >= 15 is 0 Å². The molecule has 0 aliphatic carbocycles. The average molecular weight is 305 g/mol. The molecule has 2 heterocycles. The van der Waals surface area contributed by atoms with Crippen LogP contribution in [0.3, 0.4) is 0 Å². The first-order valence-electron chi connectivity index (χ1n) is 8.11. The number of amides is 2. The van der Waals surface area contributed by atoms with Crippen LogP contribution in [-0.4, -0.2) is 47.5 Å². The molecule has 2 fully saturated rings. The lowest BCUT2D eigenvalue weighted by Gasteiger charge is -2.41. The molecule has 2 aliphatic heterocycles. The van der Waals surface area contributed by atoms with Crippen molar-refractivity contribution in [3.63, 3.8) is 0 Å². The average Bonchev–Trinajstić information content (AvgIpc) is 2.71. The van der Waals surface area contributed by atoms with Crippen LogP contribution in [0.2, 0.25) is 0 Å². The monoisotopic (exact) mass is 305 g/mol. The SMILES string of the molecule is CC(C)CN1C2CCC1CN(C(=O)Nc1ccccc1F)C2. The Balaban J connectivity index is 1.63. The van der Waals surface area contributed by atoms with Crippen molar-refractivity contribution in [1.82, 2.24) is 9.80 Å². The third-order valence-corrected chi connectivity index (χ3v) is 4.61. The number of fused-ring (bicyclic) bond motifs is 2. The van der Waals surface area contributed by atoms with Gasteiger partial charge in [-0.05, 0) is 30.9 Å². The van der Waals surface area contributed by atoms with Gasteiger partial charge in [-0.15, -0.1) is 0 Å². The molecule has 22 heavy (non-hydrogen) atoms. The molecule has 0 saturated carbocycles. The number of hydrogen-bond acceptors (Lipinski definition) is 2. The molecule has 0 radical (unpaired) electrons. The first kappa shape index (κ1) is 15.3. The van der Waals surface area contributed by atoms with Crippen molar-refractivity contribution in [2.24, 2.45) is 5.92 Å². The van der Waals surface area contributed by atoms with Crippen molar-refractivity contribution in [2.75, 3.05) is 25.0 Å². The van der Waals surface area contributed by atoms with Crippen molar-refractivity contribution in [3.05, 3.63) is 30.1 Å². The summed E-state index contributed by atoms with van der Waals surface area (Å²) >= 11 is 0. The highest BCUT2D eigenvalue weighted by atomic mass is 19.1. The van der Waals surface area contributed by atoms with Gasteiger partial charge in [0, 0.05) is 31.7 Å². The maximum Gasteiger partial charge on any atom is 0.322 e. The van der Waals surface area contributed by atoms with E-state index in [0.717, 1.165) is 32.5 Å². The molecule has 1 N–H and O–H groups in total. The highest BCUT2D eigenvalue weighted by molar-refractivity contribution is 5.89. The van der Waals surface area contributed by atoms with Crippen molar-refractivity contribution in [1.29, 1.82) is 0 Å². The third-order valence-electron chi connectivity index (χ3n) is 4.61. The van der Waals surface area contributed by atoms with Gasteiger partial charge in [0.2, 0.25) is 0 Å². The van der Waals surface area contributed by atoms with Crippen LogP contribution in [0, 0.1) is 11.7 Å². The summed E-state index contributed by atoms with van der Waals surface area (Å²) in [6.07, 6.45) is 2.31. The second-order valence-corrected chi connectivity index (χ2v) is 6.79. The number of carbonyl (C=O) groups excluding carboxylic acids is 1. The minimum absolute atomic E-state index is 0.189. The summed E-state index contributed by atoms with van der Waals surface area (Å²) in [5.74, 6) is 0.249. The van der Waals surface area contributed by atoms with Crippen molar-refractivity contribution in [3.8, 4) is 0 Å². The Bertz CT molecular complexity index is 534. The van der Waals surface area contributed by atoms with E-state index < -0.39 is 5.82 Å². The summed E-state index contributed by atoms with van der Waals surface area (Å²) in [5.41, 5.74) is 0.254. The summed E-state index contributed by atoms with van der Waals surface area (Å²) in [7, 11) is 0. The molecule has 2 amide bonds. The molecule has 2 saturated heterocycles. The zero-order valence-electron chi connectivity index (χ0n) is 13.3. The van der Waals surface area contributed by atoms with Gasteiger partial charge >= 0.3 is 6.03 Å². The van der Waals surface area contributed by atoms with Crippen molar-refractivity contribution in [2.45, 2.75) is 38.8 Å². The van der Waals surface area contributed by atoms with E-state index in [1.54, 1.807) is 18.2 Å². The van der Waals surface area contributed by atoms with E-state index in [0.29, 0.717) is 18.0 Å². The first-order valence-corrected chi connectivity index (χ1v) is 8.11. The van der Waals surface area contributed by atoms with Crippen molar-refractivity contribution < 1.29 is 9.18 Å². The number of likely N-dealkylation sites (tertiary alicyclic amines) is 1. The Morgan fingerprint density at radius 3 is 2.50 bits per heavy atom. The Morgan fingerprint density at radius 1 is 1.27 bits per heavy atom. The summed E-state index contributed by atoms with van der Waals surface area (Å²) < 4.78 is 13.6. The first-order chi connectivity index (χ1) is 10.5. The van der Waals surface area contributed by atoms with E-state index in [1.807, 2.05) is 4.90 Å². The van der Waals surface area contributed by atoms with Crippen LogP contribution in [0.1, 0.15) is 26.7 Å². The van der Waals surface area contributed by atoms with E-state index in [1.165, 1.54) is 6.07 Å². The van der Waals surface area contributed by atoms with E-state index in [9.17, 15) is 9.18 Å². The molecule has 2 bridgehead atoms. The van der Waals surface area contributed by atoms with Gasteiger partial charge in [-0.2, -0.15) is 0 Å². The van der Waals surface area contributed by atoms with E-state index in [2.05, 4.69) is 24.1 Å². The van der Waals surface area contributed by atoms with Crippen LogP contribution >= 0.6 is 0 Å². The molecule has 0 spiro atoms. The van der Waals surface area contributed by atoms with Gasteiger partial charge in [0.05, 0.1) is 5.69 Å². The van der Waals surface area contributed by atoms with Crippen LogP contribution < -0.4 is 5.32 Å². The fourth-order valence-electron chi connectivity index (χ4n) is 3.63. The standard InChI is InChI=1S/C17H24FN3O/c1-12(2)9-21-13-7-8-14(21)11-20(10-13)17(22)19-16-6-4-3-5-15(16)18/h3-6,12-14H,7-11H2,1-2H3,(H,19,22). The number of nitrogens with zero attached hydrogens (tertiary/aromatic N) is 2. The maximum atomic E-state index is 13.6. The summed E-state index contributed by atoms with van der Waals surface area (Å²) in [5, 5.41) is 2.70. The van der Waals surface area contributed by atoms with Gasteiger partial charge < -0.3 is 10.2 Å². The minimum atomic E-state index is -0.391. The Kier molecular flexibility index (Phi) is 4.34. The number of anilines is 1. The topological polar surface area (TPSA) is 35.6 Å². The molecular weight excluding hydrogens is 281 g/mol. The number of carbonyl (C=O) groups is 1. The van der Waals surface area contributed by atoms with Crippen LogP contribution in [0.25, 0.3) is 0 Å². The number of nitrogens with one attached hydrogen (secondary N) is 1. The predicted octanol–water partition coefficient (Wildman–Crippen LogP) is 3.16. The fraction of sp³-hybridized carbons (Fsp3) is 0.588. The largest absolute Gasteiger partial charge is 0.322 e. The quantitative estimate of drug-likeness (QED) is 0.931. The van der Waals surface area contributed by atoms with E-state index in [-0.39, 0.29) is 11.7 Å². The lowest BCUT2D eigenvalue weighted by Crippen LogP contribution is -2.56. The minimum Gasteiger partial charge on any atom is -0.321 e. The number of benzene rings is 1. The molecule has 120 valence electrons. The maximum absolute atomic E-state index is 13.6. The third kappa shape index (κ3) is 3.09. The molecular formula is C17H24FN3O. The van der Waals surface area contributed by atoms with Gasteiger partial charge in [0.15, 0.2) is 0 Å². The Morgan fingerprint density at radius 2 is 1.91 bits per heavy atom. The van der Waals surface area contributed by atoms with E-state index in [4.69, 9.17) is 0 Å². The van der Waals surface area contributed by atoms with Gasteiger partial charge in [0.1, 0.15) is 5.82 Å². The summed E-state index contributed by atoms with van der Waals surface area (Å²) in [4.78, 5) is 16.8. The van der Waals surface area contributed by atoms with Crippen LogP contribution in [0.5, 0.6) is 0 Å². The number of halogens is 1. The number of urea groups is 1. The highest BCUT2D eigenvalue weighted by Crippen LogP contribution is 2.31. The fourth-order valence-corrected chi connectivity index (χ4v) is 3.63. The zero-order valence-corrected chi connectivity index (χ0v) is 13.3. The molecule has 0 aromatic heterocycles. The van der Waals surface area contributed by atoms with Crippen LogP contribution in [0.4, 0.5) is 14.9 Å². The Labute approximate surface area is 131 Å². The highest BCUT2D eigenvalue weighted by Gasteiger charge is 2.41. The predicted molar refractivity (Wildman–Crippen MR) is 85.3 cm³/mol. The molecule has 5 heteroatoms. The number of hydrogen-bond donors (Lipinski definition) is 1. The van der Waals surface area contributed by atoms with Gasteiger partial charge in [0.25, 0.3) is 0 Å². The van der Waals surface area contributed by atoms with Gasteiger partial charge in [-0.25, -0.2) is 9.18 Å². The number of piperazine rings is 1.